The molecule has 0 aromatic rings. The van der Waals surface area contributed by atoms with E-state index in [1.54, 1.807) is 0 Å². The number of carboxylic acids is 1. The summed E-state index contributed by atoms with van der Waals surface area (Å²) >= 11 is 5.76. The molecule has 0 aromatic carbocycles. The summed E-state index contributed by atoms with van der Waals surface area (Å²) in [6, 6.07) is 0. The summed E-state index contributed by atoms with van der Waals surface area (Å²) in [4.78, 5) is 23.4. The van der Waals surface area contributed by atoms with Crippen molar-refractivity contribution in [1.82, 2.24) is 4.90 Å². The number of nitrogens with zero attached hydrogens (tertiary/aromatic N) is 1. The standard InChI is InChI=1S/C8H12ClNO3/c1-8(2,7(12)13)10-4-5(9)3-6(10)11/h5H,3-4H2,1-2H3,(H,12,13). The van der Waals surface area contributed by atoms with Gasteiger partial charge >= 0.3 is 5.97 Å². The lowest BCUT2D eigenvalue weighted by Crippen LogP contribution is -2.50. The molecule has 0 saturated carbocycles. The van der Waals surface area contributed by atoms with E-state index in [4.69, 9.17) is 16.7 Å². The number of carboxylic acid groups (broad SMARTS) is 1. The lowest BCUT2D eigenvalue weighted by molar-refractivity contribution is -0.154. The first kappa shape index (κ1) is 10.3. The summed E-state index contributed by atoms with van der Waals surface area (Å²) in [7, 11) is 0. The van der Waals surface area contributed by atoms with Crippen molar-refractivity contribution in [3.8, 4) is 0 Å². The van der Waals surface area contributed by atoms with E-state index in [9.17, 15) is 9.59 Å². The lowest BCUT2D eigenvalue weighted by atomic mass is 10.0. The van der Waals surface area contributed by atoms with Gasteiger partial charge in [-0.2, -0.15) is 0 Å². The molecule has 1 N–H and O–H groups in total. The summed E-state index contributed by atoms with van der Waals surface area (Å²) in [5.74, 6) is -1.20. The number of likely N-dealkylation sites (tertiary alicyclic amines) is 1. The van der Waals surface area contributed by atoms with E-state index in [0.29, 0.717) is 6.54 Å². The summed E-state index contributed by atoms with van der Waals surface area (Å²) in [5.41, 5.74) is -1.15. The van der Waals surface area contributed by atoms with Gasteiger partial charge in [0, 0.05) is 13.0 Å². The number of rotatable bonds is 2. The Balaban J connectivity index is 2.83. The maximum absolute atomic E-state index is 11.3. The van der Waals surface area contributed by atoms with Crippen LogP contribution in [0.5, 0.6) is 0 Å². The van der Waals surface area contributed by atoms with Gasteiger partial charge < -0.3 is 10.0 Å². The molecular formula is C8H12ClNO3. The van der Waals surface area contributed by atoms with E-state index in [1.165, 1.54) is 18.7 Å². The van der Waals surface area contributed by atoms with Crippen molar-refractivity contribution in [2.75, 3.05) is 6.54 Å². The average molecular weight is 206 g/mol. The number of aliphatic carboxylic acids is 1. The van der Waals surface area contributed by atoms with Gasteiger partial charge in [-0.3, -0.25) is 4.79 Å². The quantitative estimate of drug-likeness (QED) is 0.675. The maximum atomic E-state index is 11.3. The average Bonchev–Trinajstić information content (AvgIpc) is 2.30. The second-order valence-corrected chi connectivity index (χ2v) is 4.29. The summed E-state index contributed by atoms with van der Waals surface area (Å²) < 4.78 is 0. The Morgan fingerprint density at radius 1 is 1.69 bits per heavy atom. The van der Waals surface area contributed by atoms with Gasteiger partial charge in [0.2, 0.25) is 5.91 Å². The predicted octanol–water partition coefficient (Wildman–Crippen LogP) is 0.689. The van der Waals surface area contributed by atoms with Crippen LogP contribution in [0.4, 0.5) is 0 Å². The van der Waals surface area contributed by atoms with Gasteiger partial charge in [-0.05, 0) is 13.8 Å². The molecule has 4 nitrogen and oxygen atoms in total. The topological polar surface area (TPSA) is 57.6 Å². The third-order valence-electron chi connectivity index (χ3n) is 2.28. The molecule has 1 fully saturated rings. The first-order chi connectivity index (χ1) is 5.85. The van der Waals surface area contributed by atoms with Crippen LogP contribution in [-0.4, -0.2) is 39.3 Å². The highest BCUT2D eigenvalue weighted by Gasteiger charge is 2.42. The summed E-state index contributed by atoms with van der Waals surface area (Å²) in [6.07, 6.45) is 0.234. The number of carbonyl (C=O) groups excluding carboxylic acids is 1. The van der Waals surface area contributed by atoms with Crippen LogP contribution >= 0.6 is 11.6 Å². The fraction of sp³-hybridized carbons (Fsp3) is 0.750. The normalized spacial score (nSPS) is 23.8. The first-order valence-electron chi connectivity index (χ1n) is 4.03. The maximum Gasteiger partial charge on any atom is 0.329 e. The smallest absolute Gasteiger partial charge is 0.329 e. The second-order valence-electron chi connectivity index (χ2n) is 3.67. The van der Waals surface area contributed by atoms with Crippen LogP contribution in [0.3, 0.4) is 0 Å². The molecule has 0 bridgehead atoms. The largest absolute Gasteiger partial charge is 0.480 e. The Labute approximate surface area is 81.5 Å². The third-order valence-corrected chi connectivity index (χ3v) is 2.57. The molecule has 1 aliphatic heterocycles. The molecule has 1 saturated heterocycles. The fourth-order valence-electron chi connectivity index (χ4n) is 1.32. The van der Waals surface area contributed by atoms with Gasteiger partial charge in [-0.1, -0.05) is 0 Å². The molecule has 0 aliphatic carbocycles. The summed E-state index contributed by atoms with van der Waals surface area (Å²) in [6.45, 7) is 3.32. The van der Waals surface area contributed by atoms with Crippen molar-refractivity contribution in [2.24, 2.45) is 0 Å². The third kappa shape index (κ3) is 1.77. The molecular weight excluding hydrogens is 194 g/mol. The van der Waals surface area contributed by atoms with Gasteiger partial charge in [0.05, 0.1) is 5.38 Å². The van der Waals surface area contributed by atoms with Crippen molar-refractivity contribution in [2.45, 2.75) is 31.2 Å². The van der Waals surface area contributed by atoms with Crippen LogP contribution in [0.1, 0.15) is 20.3 Å². The fourth-order valence-corrected chi connectivity index (χ4v) is 1.59. The minimum Gasteiger partial charge on any atom is -0.480 e. The number of carbonyl (C=O) groups is 2. The van der Waals surface area contributed by atoms with Crippen molar-refractivity contribution in [1.29, 1.82) is 0 Å². The number of amides is 1. The van der Waals surface area contributed by atoms with Crippen molar-refractivity contribution in [3.05, 3.63) is 0 Å². The Kier molecular flexibility index (Phi) is 2.52. The Hall–Kier alpha value is -0.770. The van der Waals surface area contributed by atoms with Crippen molar-refractivity contribution < 1.29 is 14.7 Å². The van der Waals surface area contributed by atoms with Gasteiger partial charge in [0.25, 0.3) is 0 Å². The monoisotopic (exact) mass is 205 g/mol. The zero-order valence-corrected chi connectivity index (χ0v) is 8.34. The molecule has 1 atom stereocenters. The van der Waals surface area contributed by atoms with E-state index in [2.05, 4.69) is 0 Å². The van der Waals surface area contributed by atoms with Crippen molar-refractivity contribution in [3.63, 3.8) is 0 Å². The molecule has 1 aliphatic rings. The summed E-state index contributed by atoms with van der Waals surface area (Å²) in [5, 5.41) is 8.61. The Bertz CT molecular complexity index is 252. The number of hydrogen-bond acceptors (Lipinski definition) is 2. The zero-order valence-electron chi connectivity index (χ0n) is 7.58. The minimum atomic E-state index is -1.15. The molecule has 74 valence electrons. The van der Waals surface area contributed by atoms with Gasteiger partial charge in [0.1, 0.15) is 5.54 Å². The molecule has 0 spiro atoms. The van der Waals surface area contributed by atoms with E-state index in [0.717, 1.165) is 0 Å². The van der Waals surface area contributed by atoms with Crippen molar-refractivity contribution >= 4 is 23.5 Å². The highest BCUT2D eigenvalue weighted by molar-refractivity contribution is 6.22. The lowest BCUT2D eigenvalue weighted by Gasteiger charge is -2.31. The van der Waals surface area contributed by atoms with Crippen LogP contribution in [0.15, 0.2) is 0 Å². The zero-order chi connectivity index (χ0) is 10.2. The first-order valence-corrected chi connectivity index (χ1v) is 4.47. The predicted molar refractivity (Wildman–Crippen MR) is 47.7 cm³/mol. The van der Waals surface area contributed by atoms with Crippen LogP contribution < -0.4 is 0 Å². The number of alkyl halides is 1. The molecule has 0 aromatic heterocycles. The van der Waals surface area contributed by atoms with Gasteiger partial charge in [0.15, 0.2) is 0 Å². The number of halogens is 1. The molecule has 13 heavy (non-hydrogen) atoms. The van der Waals surface area contributed by atoms with Gasteiger partial charge in [-0.15, -0.1) is 11.6 Å². The highest BCUT2D eigenvalue weighted by atomic mass is 35.5. The Morgan fingerprint density at radius 2 is 2.23 bits per heavy atom. The van der Waals surface area contributed by atoms with Crippen LogP contribution in [0.25, 0.3) is 0 Å². The number of hydrogen-bond donors (Lipinski definition) is 1. The molecule has 1 unspecified atom stereocenters. The minimum absolute atomic E-state index is 0.188. The molecule has 5 heteroatoms. The highest BCUT2D eigenvalue weighted by Crippen LogP contribution is 2.25. The molecule has 1 heterocycles. The second kappa shape index (κ2) is 3.18. The van der Waals surface area contributed by atoms with E-state index >= 15 is 0 Å². The SMILES string of the molecule is CC(C)(C(=O)O)N1CC(Cl)CC1=O. The molecule has 0 radical (unpaired) electrons. The van der Waals surface area contributed by atoms with Gasteiger partial charge in [-0.25, -0.2) is 4.79 Å². The molecule has 1 rings (SSSR count). The van der Waals surface area contributed by atoms with Crippen LogP contribution in [0, 0.1) is 0 Å². The molecule has 1 amide bonds. The Morgan fingerprint density at radius 3 is 2.54 bits per heavy atom. The van der Waals surface area contributed by atoms with Crippen LogP contribution in [-0.2, 0) is 9.59 Å². The van der Waals surface area contributed by atoms with E-state index in [1.807, 2.05) is 0 Å². The van der Waals surface area contributed by atoms with E-state index < -0.39 is 11.5 Å². The van der Waals surface area contributed by atoms with Crippen LogP contribution in [0.2, 0.25) is 0 Å². The van der Waals surface area contributed by atoms with E-state index in [-0.39, 0.29) is 17.7 Å².